The fraction of sp³-hybridized carbons (Fsp3) is 0.719. The van der Waals surface area contributed by atoms with E-state index in [1.54, 1.807) is 0 Å². The third kappa shape index (κ3) is 5.75. The molecule has 4 saturated carbocycles. The predicted molar refractivity (Wildman–Crippen MR) is 164 cm³/mol. The van der Waals surface area contributed by atoms with Crippen molar-refractivity contribution in [3.05, 3.63) is 29.3 Å². The number of esters is 1. The summed E-state index contributed by atoms with van der Waals surface area (Å²) < 4.78 is 4.92. The highest BCUT2D eigenvalue weighted by Gasteiger charge is 2.60. The number of methoxy groups -OCH3 is 1. The van der Waals surface area contributed by atoms with E-state index >= 15 is 0 Å². The highest BCUT2D eigenvalue weighted by Crippen LogP contribution is 2.68. The third-order valence-electron chi connectivity index (χ3n) is 11.7. The maximum atomic E-state index is 11.8. The zero-order chi connectivity index (χ0) is 27.8. The van der Waals surface area contributed by atoms with Gasteiger partial charge in [0, 0.05) is 22.8 Å². The van der Waals surface area contributed by atoms with Crippen LogP contribution in [0.25, 0.3) is 0 Å². The lowest BCUT2D eigenvalue weighted by Gasteiger charge is -2.61. The number of carbonyl (C=O) groups excluding carboxylic acids is 1. The van der Waals surface area contributed by atoms with Crippen LogP contribution in [0.4, 0.5) is 5.69 Å². The summed E-state index contributed by atoms with van der Waals surface area (Å²) in [5, 5.41) is 9.18. The van der Waals surface area contributed by atoms with Gasteiger partial charge in [0.1, 0.15) is 0 Å². The molecule has 0 radical (unpaired) electrons. The molecular weight excluding hydrogens is 526 g/mol. The maximum absolute atomic E-state index is 11.8. The molecule has 0 amide bonds. The van der Waals surface area contributed by atoms with E-state index in [-0.39, 0.29) is 5.97 Å². The number of benzene rings is 1. The van der Waals surface area contributed by atoms with Crippen molar-refractivity contribution in [2.24, 2.45) is 51.4 Å². The van der Waals surface area contributed by atoms with Crippen LogP contribution in [0, 0.1) is 46.3 Å². The molecule has 0 aromatic heterocycles. The molecule has 0 heterocycles. The molecule has 0 bridgehead atoms. The minimum absolute atomic E-state index is 0.0634. The van der Waals surface area contributed by atoms with Crippen LogP contribution >= 0.6 is 23.8 Å². The zero-order valence-electron chi connectivity index (χ0n) is 24.1. The van der Waals surface area contributed by atoms with Crippen molar-refractivity contribution in [2.45, 2.75) is 91.4 Å². The SMILES string of the molecule is COC(=O)CC[C@@H](C)[C@H]1CC[C@H]2[C@@H]3CC[C@@H]4C/C(=N/NC(=S)Nc5ccc(Cl)cc5)CC[C@]4(C)[C@H]3CC[C@]12C. The predicted octanol–water partition coefficient (Wildman–Crippen LogP) is 8.23. The van der Waals surface area contributed by atoms with E-state index < -0.39 is 0 Å². The average Bonchev–Trinajstić information content (AvgIpc) is 3.29. The first-order valence-corrected chi connectivity index (χ1v) is 15.9. The minimum Gasteiger partial charge on any atom is -0.469 e. The number of nitrogens with one attached hydrogen (secondary N) is 2. The number of rotatable bonds is 6. The Balaban J connectivity index is 1.19. The van der Waals surface area contributed by atoms with Crippen LogP contribution in [-0.4, -0.2) is 23.9 Å². The summed E-state index contributed by atoms with van der Waals surface area (Å²) in [6.45, 7) is 7.60. The number of ether oxygens (including phenoxy) is 1. The van der Waals surface area contributed by atoms with E-state index in [0.717, 1.165) is 48.6 Å². The first-order valence-electron chi connectivity index (χ1n) is 15.1. The van der Waals surface area contributed by atoms with Crippen molar-refractivity contribution in [2.75, 3.05) is 12.4 Å². The van der Waals surface area contributed by atoms with E-state index in [1.165, 1.54) is 57.8 Å². The summed E-state index contributed by atoms with van der Waals surface area (Å²) in [5.41, 5.74) is 6.11. The molecule has 8 atom stereocenters. The molecule has 5 rings (SSSR count). The van der Waals surface area contributed by atoms with Gasteiger partial charge in [-0.2, -0.15) is 5.10 Å². The number of carbonyl (C=O) groups is 1. The van der Waals surface area contributed by atoms with Gasteiger partial charge < -0.3 is 10.1 Å². The first kappa shape index (κ1) is 28.9. The van der Waals surface area contributed by atoms with Crippen molar-refractivity contribution in [3.8, 4) is 0 Å². The summed E-state index contributed by atoms with van der Waals surface area (Å²) in [4.78, 5) is 11.8. The molecule has 4 aliphatic rings. The van der Waals surface area contributed by atoms with Gasteiger partial charge in [-0.1, -0.05) is 32.4 Å². The van der Waals surface area contributed by atoms with Crippen molar-refractivity contribution >= 4 is 46.3 Å². The van der Waals surface area contributed by atoms with Gasteiger partial charge in [0.2, 0.25) is 0 Å². The van der Waals surface area contributed by atoms with Crippen LogP contribution in [0.3, 0.4) is 0 Å². The number of hydrazone groups is 1. The third-order valence-corrected chi connectivity index (χ3v) is 12.2. The van der Waals surface area contributed by atoms with Gasteiger partial charge in [0.05, 0.1) is 7.11 Å². The van der Waals surface area contributed by atoms with Crippen LogP contribution in [0.1, 0.15) is 91.4 Å². The second kappa shape index (κ2) is 11.7. The van der Waals surface area contributed by atoms with Crippen molar-refractivity contribution in [3.63, 3.8) is 0 Å². The summed E-state index contributed by atoms with van der Waals surface area (Å²) in [6, 6.07) is 7.53. The Labute approximate surface area is 245 Å². The Hall–Kier alpha value is -1.66. The van der Waals surface area contributed by atoms with Crippen LogP contribution in [0.5, 0.6) is 0 Å². The number of fused-ring (bicyclic) bond motifs is 5. The summed E-state index contributed by atoms with van der Waals surface area (Å²) in [7, 11) is 1.50. The molecule has 1 aromatic rings. The van der Waals surface area contributed by atoms with Gasteiger partial charge >= 0.3 is 5.97 Å². The molecule has 5 nitrogen and oxygen atoms in total. The molecule has 4 aliphatic carbocycles. The highest BCUT2D eigenvalue weighted by atomic mass is 35.5. The molecule has 0 unspecified atom stereocenters. The van der Waals surface area contributed by atoms with E-state index in [4.69, 9.17) is 33.7 Å². The number of nitrogens with zero attached hydrogens (tertiary/aromatic N) is 1. The van der Waals surface area contributed by atoms with Gasteiger partial charge in [-0.05, 0) is 147 Å². The van der Waals surface area contributed by atoms with E-state index in [1.807, 2.05) is 24.3 Å². The number of hydrogen-bond donors (Lipinski definition) is 2. The monoisotopic (exact) mass is 571 g/mol. The van der Waals surface area contributed by atoms with Gasteiger partial charge in [0.25, 0.3) is 0 Å². The molecular formula is C32H46ClN3O2S. The van der Waals surface area contributed by atoms with Crippen LogP contribution in [0.15, 0.2) is 29.4 Å². The Morgan fingerprint density at radius 1 is 1.10 bits per heavy atom. The number of anilines is 1. The Morgan fingerprint density at radius 2 is 1.85 bits per heavy atom. The largest absolute Gasteiger partial charge is 0.469 e. The summed E-state index contributed by atoms with van der Waals surface area (Å²) >= 11 is 11.5. The number of thiocarbonyl (C=S) groups is 1. The molecule has 1 aromatic carbocycles. The zero-order valence-corrected chi connectivity index (χ0v) is 25.7. The second-order valence-corrected chi connectivity index (χ2v) is 14.3. The summed E-state index contributed by atoms with van der Waals surface area (Å²) in [6.07, 6.45) is 13.0. The topological polar surface area (TPSA) is 62.7 Å². The molecule has 2 N–H and O–H groups in total. The lowest BCUT2D eigenvalue weighted by atomic mass is 9.44. The Morgan fingerprint density at radius 3 is 2.59 bits per heavy atom. The van der Waals surface area contributed by atoms with Crippen LogP contribution < -0.4 is 10.7 Å². The molecule has 0 saturated heterocycles. The second-order valence-electron chi connectivity index (χ2n) is 13.4. The lowest BCUT2D eigenvalue weighted by Crippen LogP contribution is -2.54. The van der Waals surface area contributed by atoms with E-state index in [2.05, 4.69) is 31.5 Å². The Kier molecular flexibility index (Phi) is 8.64. The molecule has 39 heavy (non-hydrogen) atoms. The van der Waals surface area contributed by atoms with E-state index in [0.29, 0.717) is 39.2 Å². The van der Waals surface area contributed by atoms with Gasteiger partial charge in [-0.3, -0.25) is 10.2 Å². The minimum atomic E-state index is -0.0634. The van der Waals surface area contributed by atoms with Gasteiger partial charge in [-0.25, -0.2) is 0 Å². The molecule has 4 fully saturated rings. The number of hydrogen-bond acceptors (Lipinski definition) is 4. The summed E-state index contributed by atoms with van der Waals surface area (Å²) in [5.74, 6) is 4.51. The molecule has 214 valence electrons. The quantitative estimate of drug-likeness (QED) is 0.204. The first-order chi connectivity index (χ1) is 18.6. The lowest BCUT2D eigenvalue weighted by molar-refractivity contribution is -0.141. The van der Waals surface area contributed by atoms with Crippen molar-refractivity contribution in [1.82, 2.24) is 5.43 Å². The van der Waals surface area contributed by atoms with Crippen LogP contribution in [0.2, 0.25) is 5.02 Å². The molecule has 0 spiro atoms. The average molecular weight is 572 g/mol. The van der Waals surface area contributed by atoms with Crippen molar-refractivity contribution in [1.29, 1.82) is 0 Å². The normalized spacial score (nSPS) is 37.3. The highest BCUT2D eigenvalue weighted by molar-refractivity contribution is 7.80. The van der Waals surface area contributed by atoms with Gasteiger partial charge in [0.15, 0.2) is 5.11 Å². The smallest absolute Gasteiger partial charge is 0.305 e. The van der Waals surface area contributed by atoms with Gasteiger partial charge in [-0.15, -0.1) is 0 Å². The molecule has 0 aliphatic heterocycles. The van der Waals surface area contributed by atoms with Crippen LogP contribution in [-0.2, 0) is 9.53 Å². The standard InChI is InChI=1S/C32H46ClN3O2S/c1-20(5-14-29(37)38-4)26-12-13-27-25-11-6-21-19-24(15-17-31(21,2)28(25)16-18-32(26,27)3)35-36-30(39)34-23-9-7-22(33)8-10-23/h7-10,20-21,25-28H,5-6,11-19H2,1-4H3,(H2,34,36,39)/b35-24+/t20-,21-,25+,26-,27+,28+,31+,32-/m1/s1. The molecule has 7 heteroatoms. The van der Waals surface area contributed by atoms with Crippen molar-refractivity contribution < 1.29 is 9.53 Å². The fourth-order valence-electron chi connectivity index (χ4n) is 9.61. The fourth-order valence-corrected chi connectivity index (χ4v) is 9.90. The van der Waals surface area contributed by atoms with E-state index in [9.17, 15) is 4.79 Å². The maximum Gasteiger partial charge on any atom is 0.305 e. The Bertz CT molecular complexity index is 1090. The number of halogens is 1.